The van der Waals surface area contributed by atoms with Crippen LogP contribution in [0.4, 0.5) is 11.4 Å². The highest BCUT2D eigenvalue weighted by Crippen LogP contribution is 2.25. The Bertz CT molecular complexity index is 506. The highest BCUT2D eigenvalue weighted by Gasteiger charge is 2.13. The zero-order valence-corrected chi connectivity index (χ0v) is 8.75. The summed E-state index contributed by atoms with van der Waals surface area (Å²) in [5, 5.41) is 10.8. The van der Waals surface area contributed by atoms with Gasteiger partial charge < -0.3 is 0 Å². The fourth-order valence-corrected chi connectivity index (χ4v) is 1.45. The third-order valence-corrected chi connectivity index (χ3v) is 2.20. The van der Waals surface area contributed by atoms with Crippen molar-refractivity contribution >= 4 is 11.4 Å². The van der Waals surface area contributed by atoms with E-state index < -0.39 is 4.92 Å². The van der Waals surface area contributed by atoms with E-state index in [4.69, 9.17) is 0 Å². The van der Waals surface area contributed by atoms with E-state index in [0.717, 1.165) is 5.56 Å². The van der Waals surface area contributed by atoms with Gasteiger partial charge in [0.15, 0.2) is 0 Å². The number of aryl methyl sites for hydroxylation is 1. The topological polar surface area (TPSA) is 60.1 Å². The van der Waals surface area contributed by atoms with Crippen molar-refractivity contribution in [3.8, 4) is 0 Å². The molecule has 0 aliphatic heterocycles. The number of nitro benzene ring substituents is 1. The largest absolute Gasteiger partial charge is 0.294 e. The van der Waals surface area contributed by atoms with E-state index in [1.54, 1.807) is 29.2 Å². The van der Waals surface area contributed by atoms with Crippen molar-refractivity contribution < 1.29 is 4.92 Å². The zero-order chi connectivity index (χ0) is 11.5. The molecule has 0 saturated carbocycles. The molecule has 0 saturated heterocycles. The Morgan fingerprint density at radius 2 is 2.00 bits per heavy atom. The van der Waals surface area contributed by atoms with Gasteiger partial charge in [0.05, 0.1) is 4.92 Å². The summed E-state index contributed by atoms with van der Waals surface area (Å²) in [5.74, 6) is 0. The molecule has 1 aromatic heterocycles. The number of nitrogens with zero attached hydrogens (tertiary/aromatic N) is 2. The van der Waals surface area contributed by atoms with Gasteiger partial charge in [0.2, 0.25) is 0 Å². The first-order chi connectivity index (χ1) is 7.66. The van der Waals surface area contributed by atoms with Gasteiger partial charge in [-0.2, -0.15) is 0 Å². The van der Waals surface area contributed by atoms with Crippen LogP contribution >= 0.6 is 0 Å². The van der Waals surface area contributed by atoms with E-state index in [0.29, 0.717) is 5.69 Å². The lowest BCUT2D eigenvalue weighted by Gasteiger charge is -2.08. The number of anilines is 1. The average molecular weight is 217 g/mol. The maximum atomic E-state index is 10.8. The van der Waals surface area contributed by atoms with Crippen molar-refractivity contribution in [2.75, 3.05) is 5.43 Å². The molecule has 5 heteroatoms. The van der Waals surface area contributed by atoms with Crippen molar-refractivity contribution in [1.82, 2.24) is 4.68 Å². The normalized spacial score (nSPS) is 10.1. The lowest BCUT2D eigenvalue weighted by Crippen LogP contribution is -2.08. The Kier molecular flexibility index (Phi) is 2.59. The molecule has 0 unspecified atom stereocenters. The predicted molar refractivity (Wildman–Crippen MR) is 61.3 cm³/mol. The van der Waals surface area contributed by atoms with Gasteiger partial charge in [-0.25, -0.2) is 0 Å². The van der Waals surface area contributed by atoms with Crippen molar-refractivity contribution in [3.63, 3.8) is 0 Å². The molecule has 0 bridgehead atoms. The van der Waals surface area contributed by atoms with E-state index >= 15 is 0 Å². The molecule has 0 aliphatic carbocycles. The van der Waals surface area contributed by atoms with Crippen molar-refractivity contribution in [2.24, 2.45) is 0 Å². The van der Waals surface area contributed by atoms with Crippen molar-refractivity contribution in [3.05, 3.63) is 58.4 Å². The van der Waals surface area contributed by atoms with E-state index in [1.807, 2.05) is 19.1 Å². The molecule has 82 valence electrons. The molecule has 16 heavy (non-hydrogen) atoms. The molecule has 0 atom stereocenters. The summed E-state index contributed by atoms with van der Waals surface area (Å²) >= 11 is 0. The van der Waals surface area contributed by atoms with Crippen LogP contribution in [0.3, 0.4) is 0 Å². The molecule has 2 rings (SSSR count). The van der Waals surface area contributed by atoms with E-state index in [1.165, 1.54) is 6.07 Å². The number of rotatable bonds is 3. The number of nitro groups is 1. The van der Waals surface area contributed by atoms with Gasteiger partial charge in [0.25, 0.3) is 5.69 Å². The monoisotopic (exact) mass is 217 g/mol. The summed E-state index contributed by atoms with van der Waals surface area (Å²) in [7, 11) is 0. The van der Waals surface area contributed by atoms with Crippen LogP contribution in [0, 0.1) is 17.0 Å². The number of nitrogens with one attached hydrogen (secondary N) is 1. The van der Waals surface area contributed by atoms with Crippen molar-refractivity contribution in [2.45, 2.75) is 6.92 Å². The lowest BCUT2D eigenvalue weighted by atomic mass is 10.2. The Labute approximate surface area is 92.4 Å². The molecule has 1 aromatic carbocycles. The summed E-state index contributed by atoms with van der Waals surface area (Å²) in [5.41, 5.74) is 4.48. The molecule has 1 N–H and O–H groups in total. The van der Waals surface area contributed by atoms with Crippen LogP contribution in [0.1, 0.15) is 5.56 Å². The second-order valence-corrected chi connectivity index (χ2v) is 3.48. The quantitative estimate of drug-likeness (QED) is 0.635. The van der Waals surface area contributed by atoms with Gasteiger partial charge in [-0.15, -0.1) is 0 Å². The van der Waals surface area contributed by atoms with Crippen LogP contribution in [0.5, 0.6) is 0 Å². The van der Waals surface area contributed by atoms with E-state index in [2.05, 4.69) is 5.43 Å². The van der Waals surface area contributed by atoms with Gasteiger partial charge in [0.1, 0.15) is 5.69 Å². The van der Waals surface area contributed by atoms with Gasteiger partial charge in [-0.1, -0.05) is 6.07 Å². The third kappa shape index (κ3) is 2.03. The average Bonchev–Trinajstić information content (AvgIpc) is 2.70. The van der Waals surface area contributed by atoms with Gasteiger partial charge in [-0.05, 0) is 30.7 Å². The standard InChI is InChI=1S/C11H11N3O2/c1-9-4-5-11(14(15)16)10(8-9)12-13-6-2-3-7-13/h2-8,12H,1H3. The third-order valence-electron chi connectivity index (χ3n) is 2.20. The first-order valence-corrected chi connectivity index (χ1v) is 4.82. The summed E-state index contributed by atoms with van der Waals surface area (Å²) in [6.07, 6.45) is 3.57. The van der Waals surface area contributed by atoms with Crippen LogP contribution in [0.25, 0.3) is 0 Å². The van der Waals surface area contributed by atoms with Gasteiger partial charge >= 0.3 is 0 Å². The molecule has 0 fully saturated rings. The zero-order valence-electron chi connectivity index (χ0n) is 8.75. The number of benzene rings is 1. The lowest BCUT2D eigenvalue weighted by molar-refractivity contribution is -0.384. The van der Waals surface area contributed by atoms with Crippen LogP contribution in [0.15, 0.2) is 42.7 Å². The Morgan fingerprint density at radius 3 is 2.62 bits per heavy atom. The maximum absolute atomic E-state index is 10.8. The first kappa shape index (κ1) is 10.2. The highest BCUT2D eigenvalue weighted by molar-refractivity contribution is 5.62. The van der Waals surface area contributed by atoms with Gasteiger partial charge in [-0.3, -0.25) is 20.2 Å². The fraction of sp³-hybridized carbons (Fsp3) is 0.0909. The van der Waals surface area contributed by atoms with Crippen molar-refractivity contribution in [1.29, 1.82) is 0 Å². The number of hydrogen-bond acceptors (Lipinski definition) is 3. The molecular weight excluding hydrogens is 206 g/mol. The predicted octanol–water partition coefficient (Wildman–Crippen LogP) is 2.58. The molecule has 0 spiro atoms. The number of hydrogen-bond donors (Lipinski definition) is 1. The van der Waals surface area contributed by atoms with Crippen LogP contribution in [0.2, 0.25) is 0 Å². The summed E-state index contributed by atoms with van der Waals surface area (Å²) < 4.78 is 1.67. The molecular formula is C11H11N3O2. The Hall–Kier alpha value is -2.30. The molecule has 0 aliphatic rings. The fourth-order valence-electron chi connectivity index (χ4n) is 1.45. The second-order valence-electron chi connectivity index (χ2n) is 3.48. The Morgan fingerprint density at radius 1 is 1.31 bits per heavy atom. The second kappa shape index (κ2) is 4.06. The minimum Gasteiger partial charge on any atom is -0.288 e. The van der Waals surface area contributed by atoms with E-state index in [9.17, 15) is 10.1 Å². The van der Waals surface area contributed by atoms with E-state index in [-0.39, 0.29) is 5.69 Å². The van der Waals surface area contributed by atoms with Crippen LogP contribution in [-0.4, -0.2) is 9.60 Å². The molecule has 1 heterocycles. The maximum Gasteiger partial charge on any atom is 0.294 e. The number of aromatic nitrogens is 1. The molecule has 0 amide bonds. The summed E-state index contributed by atoms with van der Waals surface area (Å²) in [6, 6.07) is 8.65. The summed E-state index contributed by atoms with van der Waals surface area (Å²) in [4.78, 5) is 10.4. The molecule has 2 aromatic rings. The Balaban J connectivity index is 2.38. The SMILES string of the molecule is Cc1ccc([N+](=O)[O-])c(Nn2cccc2)c1. The summed E-state index contributed by atoms with van der Waals surface area (Å²) in [6.45, 7) is 1.89. The van der Waals surface area contributed by atoms with Crippen LogP contribution < -0.4 is 5.43 Å². The molecule has 5 nitrogen and oxygen atoms in total. The van der Waals surface area contributed by atoms with Crippen LogP contribution in [-0.2, 0) is 0 Å². The van der Waals surface area contributed by atoms with Gasteiger partial charge in [0, 0.05) is 18.5 Å². The minimum absolute atomic E-state index is 0.0688. The smallest absolute Gasteiger partial charge is 0.288 e. The minimum atomic E-state index is -0.398. The highest BCUT2D eigenvalue weighted by atomic mass is 16.6. The first-order valence-electron chi connectivity index (χ1n) is 4.82. The molecule has 0 radical (unpaired) electrons.